The number of phenolic OH excluding ortho intramolecular Hbond substituents is 1. The van der Waals surface area contributed by atoms with Crippen LogP contribution in [-0.2, 0) is 9.53 Å². The van der Waals surface area contributed by atoms with E-state index >= 15 is 0 Å². The summed E-state index contributed by atoms with van der Waals surface area (Å²) in [6, 6.07) is 5.74. The molecule has 1 rings (SSSR count). The second-order valence-electron chi connectivity index (χ2n) is 3.65. The molecule has 0 aromatic heterocycles. The van der Waals surface area contributed by atoms with E-state index in [1.807, 2.05) is 0 Å². The molecule has 0 radical (unpaired) electrons. The largest absolute Gasteiger partial charge is 0.508 e. The van der Waals surface area contributed by atoms with E-state index in [4.69, 9.17) is 10.3 Å². The molecule has 0 aliphatic rings. The molecule has 0 aliphatic carbocycles. The average Bonchev–Trinajstić information content (AvgIpc) is 2.40. The molecule has 0 heterocycles. The van der Waals surface area contributed by atoms with Gasteiger partial charge in [-0.3, -0.25) is 0 Å². The summed E-state index contributed by atoms with van der Waals surface area (Å²) in [5.41, 5.74) is 8.62. The molecule has 0 saturated heterocycles. The molecule has 7 heteroatoms. The molecule has 0 spiro atoms. The fourth-order valence-corrected chi connectivity index (χ4v) is 1.58. The van der Waals surface area contributed by atoms with Crippen molar-refractivity contribution in [3.63, 3.8) is 0 Å². The topological polar surface area (TPSA) is 107 Å². The molecule has 0 amide bonds. The molecule has 0 fully saturated rings. The van der Waals surface area contributed by atoms with E-state index in [9.17, 15) is 9.90 Å². The normalized spacial score (nSPS) is 11.4. The lowest BCUT2D eigenvalue weighted by Crippen LogP contribution is -2.32. The van der Waals surface area contributed by atoms with Crippen LogP contribution in [0.5, 0.6) is 5.75 Å². The zero-order chi connectivity index (χ0) is 14.1. The lowest BCUT2D eigenvalue weighted by Gasteiger charge is -2.18. The minimum Gasteiger partial charge on any atom is -0.508 e. The highest BCUT2D eigenvalue weighted by Gasteiger charge is 2.23. The second-order valence-corrected chi connectivity index (χ2v) is 3.65. The van der Waals surface area contributed by atoms with E-state index in [1.54, 1.807) is 25.1 Å². The number of nitrogens with one attached hydrogen (secondary N) is 1. The summed E-state index contributed by atoms with van der Waals surface area (Å²) in [6.07, 6.45) is 0. The van der Waals surface area contributed by atoms with Crippen LogP contribution in [0.4, 0.5) is 0 Å². The van der Waals surface area contributed by atoms with Gasteiger partial charge in [-0.25, -0.2) is 4.79 Å². The molecule has 1 atom stereocenters. The Morgan fingerprint density at radius 2 is 2.32 bits per heavy atom. The number of aromatic hydroxyl groups is 1. The van der Waals surface area contributed by atoms with Crippen molar-refractivity contribution in [2.45, 2.75) is 13.0 Å². The van der Waals surface area contributed by atoms with Crippen LogP contribution >= 0.6 is 0 Å². The van der Waals surface area contributed by atoms with Crippen molar-refractivity contribution in [1.82, 2.24) is 5.32 Å². The summed E-state index contributed by atoms with van der Waals surface area (Å²) < 4.78 is 4.95. The molecular weight excluding hydrogens is 248 g/mol. The van der Waals surface area contributed by atoms with Crippen molar-refractivity contribution >= 4 is 5.97 Å². The van der Waals surface area contributed by atoms with Gasteiger partial charge in [-0.2, -0.15) is 0 Å². The minimum absolute atomic E-state index is 0.0110. The number of ether oxygens (including phenoxy) is 1. The zero-order valence-electron chi connectivity index (χ0n) is 10.6. The lowest BCUT2D eigenvalue weighted by atomic mass is 10.1. The van der Waals surface area contributed by atoms with Gasteiger partial charge in [0.05, 0.1) is 6.61 Å². The third-order valence-electron chi connectivity index (χ3n) is 2.39. The molecule has 19 heavy (non-hydrogen) atoms. The number of hydrogen-bond acceptors (Lipinski definition) is 5. The Hall–Kier alpha value is -2.24. The van der Waals surface area contributed by atoms with Crippen molar-refractivity contribution in [1.29, 1.82) is 0 Å². The van der Waals surface area contributed by atoms with Crippen LogP contribution in [0.25, 0.3) is 10.4 Å². The number of nitrogens with zero attached hydrogens (tertiary/aromatic N) is 3. The molecule has 0 bridgehead atoms. The van der Waals surface area contributed by atoms with E-state index in [-0.39, 0.29) is 18.9 Å². The van der Waals surface area contributed by atoms with Crippen molar-refractivity contribution in [2.24, 2.45) is 5.11 Å². The van der Waals surface area contributed by atoms with E-state index in [1.165, 1.54) is 6.07 Å². The standard InChI is InChI=1S/C12H16N4O3/c1-2-19-12(18)11(14-7-8-15-16-13)9-5-3-4-6-10(9)17/h3-6,11,14,17H,2,7-8H2,1H3. The Labute approximate surface area is 110 Å². The SMILES string of the molecule is CCOC(=O)C(NCCN=[N+]=[N-])c1ccccc1O. The second kappa shape index (κ2) is 7.97. The van der Waals surface area contributed by atoms with Gasteiger partial charge < -0.3 is 15.2 Å². The summed E-state index contributed by atoms with van der Waals surface area (Å²) in [5.74, 6) is -0.471. The van der Waals surface area contributed by atoms with Gasteiger partial charge in [0.25, 0.3) is 0 Å². The Kier molecular flexibility index (Phi) is 6.21. The van der Waals surface area contributed by atoms with Gasteiger partial charge in [0.1, 0.15) is 11.8 Å². The van der Waals surface area contributed by atoms with Gasteiger partial charge in [0.2, 0.25) is 0 Å². The number of carbonyl (C=O) groups is 1. The van der Waals surface area contributed by atoms with E-state index in [0.717, 1.165) is 0 Å². The molecule has 1 aromatic carbocycles. The maximum absolute atomic E-state index is 11.9. The summed E-state index contributed by atoms with van der Waals surface area (Å²) in [5, 5.41) is 16.0. The molecule has 1 unspecified atom stereocenters. The third kappa shape index (κ3) is 4.50. The highest BCUT2D eigenvalue weighted by molar-refractivity contribution is 5.78. The average molecular weight is 264 g/mol. The number of esters is 1. The fraction of sp³-hybridized carbons (Fsp3) is 0.417. The number of hydrogen-bond donors (Lipinski definition) is 2. The molecule has 0 aliphatic heterocycles. The quantitative estimate of drug-likeness (QED) is 0.258. The van der Waals surface area contributed by atoms with E-state index in [2.05, 4.69) is 15.3 Å². The first-order valence-corrected chi connectivity index (χ1v) is 5.89. The number of carbonyl (C=O) groups excluding carboxylic acids is 1. The molecule has 7 nitrogen and oxygen atoms in total. The van der Waals surface area contributed by atoms with Crippen LogP contribution in [0, 0.1) is 0 Å². The number of rotatable bonds is 7. The summed E-state index contributed by atoms with van der Waals surface area (Å²) in [4.78, 5) is 14.5. The first kappa shape index (κ1) is 14.8. The minimum atomic E-state index is -0.782. The molecule has 2 N–H and O–H groups in total. The summed E-state index contributed by atoms with van der Waals surface area (Å²) >= 11 is 0. The number of benzene rings is 1. The maximum Gasteiger partial charge on any atom is 0.327 e. The summed E-state index contributed by atoms with van der Waals surface area (Å²) in [7, 11) is 0. The highest BCUT2D eigenvalue weighted by atomic mass is 16.5. The molecule has 102 valence electrons. The van der Waals surface area contributed by atoms with Gasteiger partial charge in [0, 0.05) is 23.6 Å². The van der Waals surface area contributed by atoms with Crippen LogP contribution in [-0.4, -0.2) is 30.8 Å². The van der Waals surface area contributed by atoms with Crippen molar-refractivity contribution in [3.05, 3.63) is 40.3 Å². The van der Waals surface area contributed by atoms with Crippen LogP contribution < -0.4 is 5.32 Å². The number of para-hydroxylation sites is 1. The summed E-state index contributed by atoms with van der Waals surface area (Å²) in [6.45, 7) is 2.47. The van der Waals surface area contributed by atoms with Crippen LogP contribution in [0.1, 0.15) is 18.5 Å². The third-order valence-corrected chi connectivity index (χ3v) is 2.39. The van der Waals surface area contributed by atoms with Crippen LogP contribution in [0.15, 0.2) is 29.4 Å². The monoisotopic (exact) mass is 264 g/mol. The zero-order valence-corrected chi connectivity index (χ0v) is 10.6. The highest BCUT2D eigenvalue weighted by Crippen LogP contribution is 2.24. The van der Waals surface area contributed by atoms with Gasteiger partial charge in [-0.1, -0.05) is 23.3 Å². The first-order valence-electron chi connectivity index (χ1n) is 5.89. The lowest BCUT2D eigenvalue weighted by molar-refractivity contribution is -0.145. The number of azide groups is 1. The maximum atomic E-state index is 11.9. The Morgan fingerprint density at radius 3 is 2.95 bits per heavy atom. The Balaban J connectivity index is 2.83. The fourth-order valence-electron chi connectivity index (χ4n) is 1.58. The Morgan fingerprint density at radius 1 is 1.58 bits per heavy atom. The van der Waals surface area contributed by atoms with Crippen molar-refractivity contribution < 1.29 is 14.6 Å². The van der Waals surface area contributed by atoms with Crippen LogP contribution in [0.2, 0.25) is 0 Å². The predicted molar refractivity (Wildman–Crippen MR) is 69.5 cm³/mol. The van der Waals surface area contributed by atoms with E-state index in [0.29, 0.717) is 12.1 Å². The van der Waals surface area contributed by atoms with Gasteiger partial charge >= 0.3 is 5.97 Å². The van der Waals surface area contributed by atoms with Gasteiger partial charge in [-0.15, -0.1) is 0 Å². The molecule has 1 aromatic rings. The predicted octanol–water partition coefficient (Wildman–Crippen LogP) is 1.90. The molecular formula is C12H16N4O3. The number of phenols is 1. The van der Waals surface area contributed by atoms with E-state index < -0.39 is 12.0 Å². The molecule has 0 saturated carbocycles. The van der Waals surface area contributed by atoms with Crippen molar-refractivity contribution in [2.75, 3.05) is 19.7 Å². The Bertz CT molecular complexity index is 472. The van der Waals surface area contributed by atoms with Gasteiger partial charge in [0.15, 0.2) is 0 Å². The van der Waals surface area contributed by atoms with Crippen LogP contribution in [0.3, 0.4) is 0 Å². The van der Waals surface area contributed by atoms with Crippen molar-refractivity contribution in [3.8, 4) is 5.75 Å². The first-order chi connectivity index (χ1) is 9.20. The van der Waals surface area contributed by atoms with Gasteiger partial charge in [-0.05, 0) is 18.5 Å². The smallest absolute Gasteiger partial charge is 0.327 e.